The van der Waals surface area contributed by atoms with Crippen LogP contribution in [0.15, 0.2) is 55.6 Å². The lowest BCUT2D eigenvalue weighted by Crippen LogP contribution is -2.59. The number of aliphatic hydroxyl groups excluding tert-OH is 1. The summed E-state index contributed by atoms with van der Waals surface area (Å²) in [5.41, 5.74) is -1.10. The summed E-state index contributed by atoms with van der Waals surface area (Å²) in [5.74, 6) is -2.73. The molecule has 0 aromatic heterocycles. The first-order valence-corrected chi connectivity index (χ1v) is 14.7. The first kappa shape index (κ1) is 30.0. The molecular formula is C32H44N2O6. The third kappa shape index (κ3) is 5.12. The third-order valence-electron chi connectivity index (χ3n) is 9.06. The summed E-state index contributed by atoms with van der Waals surface area (Å²) in [7, 11) is 0. The van der Waals surface area contributed by atoms with Crippen LogP contribution >= 0.6 is 0 Å². The Balaban J connectivity index is 1.80. The molecule has 4 rings (SSSR count). The average molecular weight is 553 g/mol. The highest BCUT2D eigenvalue weighted by Crippen LogP contribution is 2.64. The van der Waals surface area contributed by atoms with Crippen molar-refractivity contribution in [2.24, 2.45) is 11.8 Å². The molecule has 0 radical (unpaired) electrons. The zero-order chi connectivity index (χ0) is 28.9. The van der Waals surface area contributed by atoms with Crippen molar-refractivity contribution in [1.29, 1.82) is 0 Å². The van der Waals surface area contributed by atoms with Crippen LogP contribution in [0.3, 0.4) is 0 Å². The number of ether oxygens (including phenoxy) is 2. The molecule has 0 saturated carbocycles. The van der Waals surface area contributed by atoms with Gasteiger partial charge in [-0.1, -0.05) is 75.8 Å². The largest absolute Gasteiger partial charge is 0.461 e. The molecule has 3 aliphatic rings. The maximum Gasteiger partial charge on any atom is 0.313 e. The highest BCUT2D eigenvalue weighted by atomic mass is 16.6. The van der Waals surface area contributed by atoms with E-state index in [0.717, 1.165) is 24.8 Å². The second kappa shape index (κ2) is 12.7. The minimum Gasteiger partial charge on any atom is -0.461 e. The summed E-state index contributed by atoms with van der Waals surface area (Å²) in [6.07, 6.45) is 7.94. The zero-order valence-electron chi connectivity index (χ0n) is 23.9. The lowest BCUT2D eigenvalue weighted by atomic mass is 9.65. The van der Waals surface area contributed by atoms with Crippen LogP contribution < -0.4 is 0 Å². The molecule has 2 amide bonds. The van der Waals surface area contributed by atoms with Crippen LogP contribution in [0.4, 0.5) is 0 Å². The highest BCUT2D eigenvalue weighted by molar-refractivity contribution is 5.98. The normalized spacial score (nSPS) is 29.2. The number of hydrogen-bond acceptors (Lipinski definition) is 6. The van der Waals surface area contributed by atoms with Crippen molar-refractivity contribution >= 4 is 17.8 Å². The van der Waals surface area contributed by atoms with Crippen LogP contribution in [-0.4, -0.2) is 82.3 Å². The molecule has 8 heteroatoms. The number of hydrogen-bond donors (Lipinski definition) is 1. The van der Waals surface area contributed by atoms with Crippen LogP contribution in [0.25, 0.3) is 0 Å². The summed E-state index contributed by atoms with van der Waals surface area (Å²) in [5, 5.41) is 10.6. The number of fused-ring (bicyclic) bond motifs is 1. The van der Waals surface area contributed by atoms with Gasteiger partial charge in [-0.3, -0.25) is 14.4 Å². The molecule has 1 aromatic rings. The predicted octanol–water partition coefficient (Wildman–Crippen LogP) is 3.68. The number of carbonyl (C=O) groups excluding carboxylic acids is 3. The number of aliphatic hydroxyl groups is 1. The molecule has 3 heterocycles. The third-order valence-corrected chi connectivity index (χ3v) is 9.06. The molecular weight excluding hydrogens is 508 g/mol. The van der Waals surface area contributed by atoms with Gasteiger partial charge < -0.3 is 24.4 Å². The Morgan fingerprint density at radius 3 is 2.58 bits per heavy atom. The number of benzene rings is 1. The van der Waals surface area contributed by atoms with Gasteiger partial charge in [0.1, 0.15) is 24.2 Å². The smallest absolute Gasteiger partial charge is 0.313 e. The fourth-order valence-electron chi connectivity index (χ4n) is 7.23. The molecule has 3 fully saturated rings. The van der Waals surface area contributed by atoms with Crippen LogP contribution in [0.5, 0.6) is 0 Å². The molecule has 6 atom stereocenters. The van der Waals surface area contributed by atoms with E-state index < -0.39 is 41.1 Å². The highest BCUT2D eigenvalue weighted by Gasteiger charge is 2.79. The van der Waals surface area contributed by atoms with Gasteiger partial charge in [0, 0.05) is 13.1 Å². The summed E-state index contributed by atoms with van der Waals surface area (Å²) < 4.78 is 12.3. The van der Waals surface area contributed by atoms with E-state index in [0.29, 0.717) is 38.8 Å². The Bertz CT molecular complexity index is 1090. The van der Waals surface area contributed by atoms with E-state index in [1.54, 1.807) is 15.9 Å². The van der Waals surface area contributed by atoms with E-state index in [2.05, 4.69) is 20.1 Å². The van der Waals surface area contributed by atoms with E-state index in [1.165, 1.54) is 6.08 Å². The van der Waals surface area contributed by atoms with Crippen LogP contribution in [-0.2, 0) is 30.3 Å². The minimum absolute atomic E-state index is 0.0346. The first-order valence-electron chi connectivity index (χ1n) is 14.7. The number of esters is 1. The van der Waals surface area contributed by atoms with Crippen molar-refractivity contribution in [3.05, 3.63) is 61.2 Å². The van der Waals surface area contributed by atoms with E-state index in [4.69, 9.17) is 9.47 Å². The van der Waals surface area contributed by atoms with Gasteiger partial charge in [0.25, 0.3) is 0 Å². The summed E-state index contributed by atoms with van der Waals surface area (Å²) in [6, 6.07) is 8.00. The number of carbonyl (C=O) groups is 3. The van der Waals surface area contributed by atoms with Crippen LogP contribution in [0.2, 0.25) is 0 Å². The summed E-state index contributed by atoms with van der Waals surface area (Å²) in [4.78, 5) is 45.8. The van der Waals surface area contributed by atoms with E-state index in [9.17, 15) is 19.5 Å². The fraction of sp³-hybridized carbons (Fsp3) is 0.594. The average Bonchev–Trinajstić information content (AvgIpc) is 3.58. The van der Waals surface area contributed by atoms with Gasteiger partial charge >= 0.3 is 5.97 Å². The molecule has 40 heavy (non-hydrogen) atoms. The monoisotopic (exact) mass is 552 g/mol. The Labute approximate surface area is 238 Å². The van der Waals surface area contributed by atoms with Gasteiger partial charge in [-0.15, -0.1) is 6.58 Å². The van der Waals surface area contributed by atoms with Crippen LogP contribution in [0, 0.1) is 11.8 Å². The number of unbranched alkanes of at least 4 members (excludes halogenated alkanes) is 2. The van der Waals surface area contributed by atoms with Crippen molar-refractivity contribution in [2.75, 3.05) is 26.3 Å². The molecule has 2 unspecified atom stereocenters. The lowest BCUT2D eigenvalue weighted by Gasteiger charge is -2.39. The van der Waals surface area contributed by atoms with Crippen LogP contribution in [0.1, 0.15) is 57.9 Å². The molecule has 218 valence electrons. The van der Waals surface area contributed by atoms with E-state index >= 15 is 0 Å². The van der Waals surface area contributed by atoms with E-state index in [1.807, 2.05) is 37.3 Å². The summed E-state index contributed by atoms with van der Waals surface area (Å²) in [6.45, 7) is 12.2. The molecule has 8 nitrogen and oxygen atoms in total. The van der Waals surface area contributed by atoms with Gasteiger partial charge in [0.05, 0.1) is 24.2 Å². The predicted molar refractivity (Wildman–Crippen MR) is 152 cm³/mol. The number of likely N-dealkylation sites (tertiary alicyclic amines) is 1. The molecule has 1 aromatic carbocycles. The van der Waals surface area contributed by atoms with Gasteiger partial charge in [0.2, 0.25) is 11.8 Å². The quantitative estimate of drug-likeness (QED) is 0.203. The molecule has 3 aliphatic heterocycles. The Hall–Kier alpha value is -2.97. The van der Waals surface area contributed by atoms with Gasteiger partial charge in [0.15, 0.2) is 0 Å². The first-order chi connectivity index (χ1) is 19.3. The van der Waals surface area contributed by atoms with Crippen molar-refractivity contribution in [2.45, 2.75) is 82.1 Å². The maximum atomic E-state index is 14.5. The number of amides is 2. The van der Waals surface area contributed by atoms with Crippen molar-refractivity contribution < 1.29 is 29.0 Å². The maximum absolute atomic E-state index is 14.5. The van der Waals surface area contributed by atoms with Gasteiger partial charge in [-0.2, -0.15) is 0 Å². The van der Waals surface area contributed by atoms with Gasteiger partial charge in [-0.25, -0.2) is 0 Å². The topological polar surface area (TPSA) is 96.4 Å². The lowest BCUT2D eigenvalue weighted by molar-refractivity contribution is -0.162. The van der Waals surface area contributed by atoms with E-state index in [-0.39, 0.29) is 25.0 Å². The van der Waals surface area contributed by atoms with Crippen molar-refractivity contribution in [3.63, 3.8) is 0 Å². The fourth-order valence-corrected chi connectivity index (χ4v) is 7.23. The Morgan fingerprint density at radius 2 is 1.95 bits per heavy atom. The van der Waals surface area contributed by atoms with Gasteiger partial charge in [-0.05, 0) is 37.7 Å². The Morgan fingerprint density at radius 1 is 1.20 bits per heavy atom. The summed E-state index contributed by atoms with van der Waals surface area (Å²) >= 11 is 0. The minimum atomic E-state index is -1.17. The molecule has 3 saturated heterocycles. The number of nitrogens with zero attached hydrogens (tertiary/aromatic N) is 2. The van der Waals surface area contributed by atoms with Crippen molar-refractivity contribution in [1.82, 2.24) is 9.80 Å². The van der Waals surface area contributed by atoms with Crippen molar-refractivity contribution in [3.8, 4) is 0 Å². The second-order valence-electron chi connectivity index (χ2n) is 11.3. The second-order valence-corrected chi connectivity index (χ2v) is 11.3. The Kier molecular flexibility index (Phi) is 9.52. The molecule has 1 spiro atoms. The molecule has 2 bridgehead atoms. The molecule has 0 aliphatic carbocycles. The number of rotatable bonds is 15. The zero-order valence-corrected chi connectivity index (χ0v) is 23.9. The molecule has 1 N–H and O–H groups in total. The SMILES string of the molecule is C=CCOC(=O)[C@H]1[C@H]2C(=O)N([C@@H](CO)Cc3ccccc3)C(C(=O)N(CC=C)CCCCC)C23CC[C@]1(CC)O3. The standard InChI is InChI=1S/C32H44N2O6/c1-5-9-13-19-33(18-6-2)29(37)27-32-17-16-31(8-4,40-32)26(30(38)39-20-7-3)25(32)28(36)34(27)24(22-35)21-23-14-11-10-12-15-23/h6-7,10-12,14-15,24-27,35H,2-3,5,8-9,13,16-22H2,1,4H3/t24-,25+,26-,27?,31+,32?/m1/s1.